The van der Waals surface area contributed by atoms with Crippen molar-refractivity contribution in [1.29, 1.82) is 0 Å². The Labute approximate surface area is 193 Å². The lowest BCUT2D eigenvalue weighted by atomic mass is 10.0. The summed E-state index contributed by atoms with van der Waals surface area (Å²) in [4.78, 5) is 27.7. The number of nitrogens with zero attached hydrogens (tertiary/aromatic N) is 4. The summed E-state index contributed by atoms with van der Waals surface area (Å²) in [6, 6.07) is 7.19. The molecule has 3 aromatic rings. The van der Waals surface area contributed by atoms with E-state index >= 15 is 0 Å². The third-order valence-electron chi connectivity index (χ3n) is 5.10. The molecule has 3 heterocycles. The van der Waals surface area contributed by atoms with Crippen molar-refractivity contribution in [2.24, 2.45) is 5.73 Å². The SMILES string of the molecule is N[C@@H]1CCCN(c2ncc(C(=O)Nc3ccc(OC(F)(F)Cl)cc3)cc2-c2cncnc2)C1. The number of anilines is 2. The predicted molar refractivity (Wildman–Crippen MR) is 121 cm³/mol. The highest BCUT2D eigenvalue weighted by molar-refractivity contribution is 6.20. The number of hydrogen-bond donors (Lipinski definition) is 2. The molecule has 11 heteroatoms. The average Bonchev–Trinajstić information content (AvgIpc) is 2.79. The maximum absolute atomic E-state index is 12.9. The molecule has 0 saturated carbocycles. The molecule has 1 atom stereocenters. The minimum absolute atomic E-state index is 0.0501. The molecule has 1 aromatic carbocycles. The second kappa shape index (κ2) is 9.63. The summed E-state index contributed by atoms with van der Waals surface area (Å²) in [6.45, 7) is 1.47. The van der Waals surface area contributed by atoms with Crippen molar-refractivity contribution in [3.8, 4) is 16.9 Å². The number of nitrogens with one attached hydrogen (secondary N) is 1. The number of ether oxygens (including phenoxy) is 1. The van der Waals surface area contributed by atoms with Gasteiger partial charge >= 0.3 is 5.57 Å². The molecule has 3 N–H and O–H groups in total. The minimum atomic E-state index is -3.81. The van der Waals surface area contributed by atoms with Gasteiger partial charge < -0.3 is 20.7 Å². The second-order valence-corrected chi connectivity index (χ2v) is 8.04. The van der Waals surface area contributed by atoms with Crippen LogP contribution in [-0.4, -0.2) is 45.6 Å². The van der Waals surface area contributed by atoms with E-state index in [0.717, 1.165) is 24.9 Å². The van der Waals surface area contributed by atoms with Gasteiger partial charge in [0.2, 0.25) is 0 Å². The molecule has 1 amide bonds. The molecule has 0 spiro atoms. The first-order valence-corrected chi connectivity index (χ1v) is 10.6. The smallest absolute Gasteiger partial charge is 0.420 e. The first-order valence-electron chi connectivity index (χ1n) is 10.2. The van der Waals surface area contributed by atoms with E-state index in [1.54, 1.807) is 18.5 Å². The topological polar surface area (TPSA) is 106 Å². The third kappa shape index (κ3) is 5.91. The fourth-order valence-electron chi connectivity index (χ4n) is 3.63. The lowest BCUT2D eigenvalue weighted by molar-refractivity contribution is -0.0964. The van der Waals surface area contributed by atoms with E-state index in [1.807, 2.05) is 0 Å². The molecule has 1 aliphatic heterocycles. The number of amides is 1. The van der Waals surface area contributed by atoms with Crippen LogP contribution in [0.3, 0.4) is 0 Å². The number of hydrogen-bond acceptors (Lipinski definition) is 7. The van der Waals surface area contributed by atoms with Crippen molar-refractivity contribution in [2.45, 2.75) is 24.5 Å². The van der Waals surface area contributed by atoms with Crippen LogP contribution in [0.2, 0.25) is 0 Å². The zero-order chi connectivity index (χ0) is 23.4. The molecule has 8 nitrogen and oxygen atoms in total. The van der Waals surface area contributed by atoms with Crippen LogP contribution in [0, 0.1) is 0 Å². The molecule has 172 valence electrons. The Morgan fingerprint density at radius 3 is 2.61 bits per heavy atom. The van der Waals surface area contributed by atoms with E-state index in [1.165, 1.54) is 36.8 Å². The van der Waals surface area contributed by atoms with Crippen LogP contribution in [0.25, 0.3) is 11.1 Å². The summed E-state index contributed by atoms with van der Waals surface area (Å²) in [5.41, 5.74) is 4.47. The van der Waals surface area contributed by atoms with Gasteiger partial charge in [0.1, 0.15) is 17.9 Å². The zero-order valence-electron chi connectivity index (χ0n) is 17.4. The van der Waals surface area contributed by atoms with Crippen LogP contribution < -0.4 is 20.7 Å². The van der Waals surface area contributed by atoms with E-state index in [9.17, 15) is 13.6 Å². The zero-order valence-corrected chi connectivity index (χ0v) is 18.2. The van der Waals surface area contributed by atoms with Crippen LogP contribution in [-0.2, 0) is 0 Å². The molecular weight excluding hydrogens is 454 g/mol. The third-order valence-corrected chi connectivity index (χ3v) is 5.18. The van der Waals surface area contributed by atoms with E-state index in [4.69, 9.17) is 17.3 Å². The summed E-state index contributed by atoms with van der Waals surface area (Å²) in [7, 11) is 0. The van der Waals surface area contributed by atoms with Crippen LogP contribution in [0.5, 0.6) is 5.75 Å². The van der Waals surface area contributed by atoms with Crippen LogP contribution in [0.1, 0.15) is 23.2 Å². The molecule has 2 aromatic heterocycles. The van der Waals surface area contributed by atoms with Crippen molar-refractivity contribution in [1.82, 2.24) is 15.0 Å². The Kier molecular flexibility index (Phi) is 6.66. The van der Waals surface area contributed by atoms with Gasteiger partial charge in [-0.1, -0.05) is 0 Å². The van der Waals surface area contributed by atoms with E-state index in [0.29, 0.717) is 29.2 Å². The highest BCUT2D eigenvalue weighted by Gasteiger charge is 2.27. The number of halogens is 3. The number of rotatable bonds is 6. The van der Waals surface area contributed by atoms with Gasteiger partial charge in [-0.2, -0.15) is 0 Å². The molecule has 4 rings (SSSR count). The largest absolute Gasteiger partial charge is 0.487 e. The lowest BCUT2D eigenvalue weighted by Crippen LogP contribution is -2.43. The predicted octanol–water partition coefficient (Wildman–Crippen LogP) is 3.89. The van der Waals surface area contributed by atoms with Crippen LogP contribution >= 0.6 is 11.6 Å². The molecule has 0 radical (unpaired) electrons. The fraction of sp³-hybridized carbons (Fsp3) is 0.273. The Morgan fingerprint density at radius 1 is 1.21 bits per heavy atom. The van der Waals surface area contributed by atoms with Crippen molar-refractivity contribution in [2.75, 3.05) is 23.3 Å². The Morgan fingerprint density at radius 2 is 1.94 bits per heavy atom. The maximum Gasteiger partial charge on any atom is 0.487 e. The standard InChI is InChI=1S/C22H21ClF2N6O2/c23-22(24,25)33-18-5-3-17(4-6-18)30-21(32)14-8-19(15-9-27-13-28-10-15)20(29-11-14)31-7-1-2-16(26)12-31/h3-6,8-11,13,16H,1-2,7,12,26H2,(H,30,32)/t16-/m1/s1. The van der Waals surface area contributed by atoms with E-state index < -0.39 is 11.5 Å². The van der Waals surface area contributed by atoms with Gasteiger partial charge in [0.25, 0.3) is 5.91 Å². The van der Waals surface area contributed by atoms with E-state index in [-0.39, 0.29) is 11.8 Å². The first kappa shape index (κ1) is 22.8. The second-order valence-electron chi connectivity index (χ2n) is 7.60. The minimum Gasteiger partial charge on any atom is -0.420 e. The van der Waals surface area contributed by atoms with Gasteiger partial charge in [-0.3, -0.25) is 4.79 Å². The number of carbonyl (C=O) groups is 1. The van der Waals surface area contributed by atoms with Gasteiger partial charge in [0, 0.05) is 66.1 Å². The number of piperidine rings is 1. The number of benzene rings is 1. The van der Waals surface area contributed by atoms with Gasteiger partial charge in [-0.05, 0) is 43.2 Å². The molecule has 0 bridgehead atoms. The molecule has 33 heavy (non-hydrogen) atoms. The molecule has 0 unspecified atom stereocenters. The first-order chi connectivity index (χ1) is 15.8. The number of pyridine rings is 1. The quantitative estimate of drug-likeness (QED) is 0.522. The van der Waals surface area contributed by atoms with Crippen molar-refractivity contribution in [3.05, 3.63) is 60.8 Å². The molecule has 0 aliphatic carbocycles. The lowest BCUT2D eigenvalue weighted by Gasteiger charge is -2.33. The summed E-state index contributed by atoms with van der Waals surface area (Å²) >= 11 is 4.76. The Hall–Kier alpha value is -3.37. The summed E-state index contributed by atoms with van der Waals surface area (Å²) in [5, 5.41) is 2.71. The highest BCUT2D eigenvalue weighted by atomic mass is 35.5. The van der Waals surface area contributed by atoms with Gasteiger partial charge in [-0.15, -0.1) is 8.78 Å². The van der Waals surface area contributed by atoms with Crippen LogP contribution in [0.4, 0.5) is 20.3 Å². The van der Waals surface area contributed by atoms with Gasteiger partial charge in [0.05, 0.1) is 5.56 Å². The summed E-state index contributed by atoms with van der Waals surface area (Å²) in [6.07, 6.45) is 8.13. The summed E-state index contributed by atoms with van der Waals surface area (Å²) in [5.74, 6) is 0.156. The fourth-order valence-corrected chi connectivity index (χ4v) is 3.72. The monoisotopic (exact) mass is 474 g/mol. The molecule has 1 fully saturated rings. The van der Waals surface area contributed by atoms with Crippen molar-refractivity contribution in [3.63, 3.8) is 0 Å². The maximum atomic E-state index is 12.9. The number of nitrogens with two attached hydrogens (primary N) is 1. The van der Waals surface area contributed by atoms with Crippen LogP contribution in [0.15, 0.2) is 55.2 Å². The Bertz CT molecular complexity index is 1110. The molecular formula is C22H21ClF2N6O2. The number of alkyl halides is 3. The number of carbonyl (C=O) groups excluding carboxylic acids is 1. The summed E-state index contributed by atoms with van der Waals surface area (Å²) < 4.78 is 29.8. The van der Waals surface area contributed by atoms with Crippen molar-refractivity contribution < 1.29 is 18.3 Å². The average molecular weight is 475 g/mol. The molecule has 1 aliphatic rings. The number of aromatic nitrogens is 3. The Balaban J connectivity index is 1.58. The van der Waals surface area contributed by atoms with Gasteiger partial charge in [-0.25, -0.2) is 15.0 Å². The van der Waals surface area contributed by atoms with Gasteiger partial charge in [0.15, 0.2) is 0 Å². The highest BCUT2D eigenvalue weighted by Crippen LogP contribution is 2.31. The normalized spacial score (nSPS) is 16.4. The van der Waals surface area contributed by atoms with Crippen molar-refractivity contribution >= 4 is 29.0 Å². The molecule has 1 saturated heterocycles. The van der Waals surface area contributed by atoms with E-state index in [2.05, 4.69) is 29.9 Å².